The summed E-state index contributed by atoms with van der Waals surface area (Å²) in [6, 6.07) is 8.27. The highest BCUT2D eigenvalue weighted by atomic mass is 127. The van der Waals surface area contributed by atoms with E-state index in [4.69, 9.17) is 4.74 Å². The van der Waals surface area contributed by atoms with E-state index in [-0.39, 0.29) is 24.0 Å². The van der Waals surface area contributed by atoms with Gasteiger partial charge in [-0.05, 0) is 37.5 Å². The predicted molar refractivity (Wildman–Crippen MR) is 116 cm³/mol. The number of hydrogen-bond acceptors (Lipinski definition) is 4. The van der Waals surface area contributed by atoms with Gasteiger partial charge in [-0.15, -0.1) is 35.3 Å². The van der Waals surface area contributed by atoms with E-state index in [0.29, 0.717) is 6.54 Å². The molecule has 0 saturated heterocycles. The number of nitrogens with zero attached hydrogens (tertiary/aromatic N) is 2. The number of aryl methyl sites for hydroxylation is 1. The molecule has 0 aliphatic carbocycles. The van der Waals surface area contributed by atoms with Gasteiger partial charge in [0, 0.05) is 24.7 Å². The summed E-state index contributed by atoms with van der Waals surface area (Å²) >= 11 is 1.70. The van der Waals surface area contributed by atoms with Crippen molar-refractivity contribution in [2.75, 3.05) is 20.2 Å². The maximum atomic E-state index is 5.67. The van der Waals surface area contributed by atoms with Crippen LogP contribution in [0.15, 0.2) is 35.5 Å². The quantitative estimate of drug-likeness (QED) is 0.348. The van der Waals surface area contributed by atoms with Crippen molar-refractivity contribution in [1.29, 1.82) is 0 Å². The van der Waals surface area contributed by atoms with Crippen molar-refractivity contribution in [3.8, 4) is 5.75 Å². The first-order chi connectivity index (χ1) is 11.7. The monoisotopic (exact) mass is 474 g/mol. The number of aromatic nitrogens is 1. The average molecular weight is 474 g/mol. The molecule has 2 rings (SSSR count). The fourth-order valence-electron chi connectivity index (χ4n) is 2.20. The third kappa shape index (κ3) is 8.04. The van der Waals surface area contributed by atoms with Crippen LogP contribution in [0.4, 0.5) is 0 Å². The number of guanidine groups is 1. The number of aliphatic imine (C=N–C) groups is 1. The Morgan fingerprint density at radius 3 is 2.84 bits per heavy atom. The summed E-state index contributed by atoms with van der Waals surface area (Å²) in [4.78, 5) is 9.81. The average Bonchev–Trinajstić information content (AvgIpc) is 3.02. The molecule has 1 heterocycles. The molecule has 0 unspecified atom stereocenters. The molecule has 1 aromatic heterocycles. The molecule has 2 aromatic rings. The van der Waals surface area contributed by atoms with Crippen molar-refractivity contribution in [3.63, 3.8) is 0 Å². The molecule has 0 aliphatic heterocycles. The Balaban J connectivity index is 0.00000312. The summed E-state index contributed by atoms with van der Waals surface area (Å²) in [7, 11) is 1.78. The molecule has 0 saturated carbocycles. The summed E-state index contributed by atoms with van der Waals surface area (Å²) in [6.45, 7) is 6.44. The van der Waals surface area contributed by atoms with Crippen LogP contribution >= 0.6 is 35.3 Å². The molecule has 0 amide bonds. The Morgan fingerprint density at radius 2 is 2.16 bits per heavy atom. The smallest absolute Gasteiger partial charge is 0.191 e. The highest BCUT2D eigenvalue weighted by Crippen LogP contribution is 2.14. The zero-order chi connectivity index (χ0) is 17.2. The number of halogens is 1. The Kier molecular flexibility index (Phi) is 10.5. The summed E-state index contributed by atoms with van der Waals surface area (Å²) in [5, 5.41) is 7.69. The molecular formula is C18H27IN4OS. The number of benzene rings is 1. The molecule has 2 N–H and O–H groups in total. The van der Waals surface area contributed by atoms with Gasteiger partial charge in [-0.25, -0.2) is 4.98 Å². The molecule has 0 spiro atoms. The molecule has 7 heteroatoms. The second-order valence-electron chi connectivity index (χ2n) is 5.46. The maximum Gasteiger partial charge on any atom is 0.191 e. The summed E-state index contributed by atoms with van der Waals surface area (Å²) in [5.41, 5.74) is 1.25. The van der Waals surface area contributed by atoms with Crippen LogP contribution in [-0.2, 0) is 13.0 Å². The molecule has 5 nitrogen and oxygen atoms in total. The van der Waals surface area contributed by atoms with E-state index in [2.05, 4.69) is 46.6 Å². The summed E-state index contributed by atoms with van der Waals surface area (Å²) in [6.07, 6.45) is 3.83. The van der Waals surface area contributed by atoms with Crippen molar-refractivity contribution in [3.05, 3.63) is 45.9 Å². The number of nitrogens with one attached hydrogen (secondary N) is 2. The van der Waals surface area contributed by atoms with Crippen LogP contribution < -0.4 is 15.4 Å². The Hall–Kier alpha value is -1.35. The minimum atomic E-state index is 0. The standard InChI is InChI=1S/C18H26N4OS.HI/c1-4-10-23-16-7-5-6-15(11-16)8-9-20-18(19-3)22-13-17-21-12-14(2)24-17;/h5-7,11-12H,4,8-10,13H2,1-3H3,(H2,19,20,22);1H. The first-order valence-corrected chi connectivity index (χ1v) is 9.10. The van der Waals surface area contributed by atoms with Crippen LogP contribution in [0, 0.1) is 6.92 Å². The van der Waals surface area contributed by atoms with Crippen molar-refractivity contribution >= 4 is 41.3 Å². The Bertz CT molecular complexity index is 660. The molecule has 1 aromatic carbocycles. The second kappa shape index (κ2) is 12.1. The lowest BCUT2D eigenvalue weighted by Crippen LogP contribution is -2.37. The molecule has 25 heavy (non-hydrogen) atoms. The third-order valence-corrected chi connectivity index (χ3v) is 4.29. The molecule has 0 aliphatic rings. The van der Waals surface area contributed by atoms with E-state index in [1.165, 1.54) is 10.4 Å². The first kappa shape index (κ1) is 21.7. The number of thiazole rings is 1. The fraction of sp³-hybridized carbons (Fsp3) is 0.444. The molecule has 0 fully saturated rings. The van der Waals surface area contributed by atoms with Gasteiger partial charge >= 0.3 is 0 Å². The van der Waals surface area contributed by atoms with Crippen molar-refractivity contribution in [2.45, 2.75) is 33.2 Å². The van der Waals surface area contributed by atoms with Crippen LogP contribution in [0.1, 0.15) is 28.8 Å². The van der Waals surface area contributed by atoms with Gasteiger partial charge < -0.3 is 15.4 Å². The van der Waals surface area contributed by atoms with Crippen molar-refractivity contribution < 1.29 is 4.74 Å². The zero-order valence-corrected chi connectivity index (χ0v) is 18.2. The van der Waals surface area contributed by atoms with Crippen molar-refractivity contribution in [2.24, 2.45) is 4.99 Å². The van der Waals surface area contributed by atoms with Crippen LogP contribution in [0.3, 0.4) is 0 Å². The molecule has 0 atom stereocenters. The summed E-state index contributed by atoms with van der Waals surface area (Å²) < 4.78 is 5.67. The maximum absolute atomic E-state index is 5.67. The Labute approximate surface area is 171 Å². The predicted octanol–water partition coefficient (Wildman–Crippen LogP) is 3.77. The van der Waals surface area contributed by atoms with Gasteiger partial charge in [0.25, 0.3) is 0 Å². The minimum absolute atomic E-state index is 0. The lowest BCUT2D eigenvalue weighted by molar-refractivity contribution is 0.317. The fourth-order valence-corrected chi connectivity index (χ4v) is 2.93. The SMILES string of the molecule is CCCOc1cccc(CCNC(=NC)NCc2ncc(C)s2)c1.I. The van der Waals surface area contributed by atoms with Crippen LogP contribution in [0.25, 0.3) is 0 Å². The first-order valence-electron chi connectivity index (χ1n) is 8.29. The number of ether oxygens (including phenoxy) is 1. The summed E-state index contributed by atoms with van der Waals surface area (Å²) in [5.74, 6) is 1.73. The van der Waals surface area contributed by atoms with E-state index < -0.39 is 0 Å². The molecule has 0 bridgehead atoms. The van der Waals surface area contributed by atoms with Crippen LogP contribution in [0.5, 0.6) is 5.75 Å². The normalized spacial score (nSPS) is 10.9. The largest absolute Gasteiger partial charge is 0.494 e. The van der Waals surface area contributed by atoms with Gasteiger partial charge in [0.2, 0.25) is 0 Å². The van der Waals surface area contributed by atoms with Gasteiger partial charge in [-0.1, -0.05) is 19.1 Å². The van der Waals surface area contributed by atoms with Gasteiger partial charge in [0.05, 0.1) is 13.2 Å². The van der Waals surface area contributed by atoms with Gasteiger partial charge in [-0.2, -0.15) is 0 Å². The minimum Gasteiger partial charge on any atom is -0.494 e. The zero-order valence-electron chi connectivity index (χ0n) is 15.0. The van der Waals surface area contributed by atoms with Gasteiger partial charge in [-0.3, -0.25) is 4.99 Å². The number of hydrogen-bond donors (Lipinski definition) is 2. The van der Waals surface area contributed by atoms with E-state index >= 15 is 0 Å². The van der Waals surface area contributed by atoms with Crippen LogP contribution in [-0.4, -0.2) is 31.1 Å². The molecule has 138 valence electrons. The van der Waals surface area contributed by atoms with Crippen LogP contribution in [0.2, 0.25) is 0 Å². The van der Waals surface area contributed by atoms with Gasteiger partial charge in [0.1, 0.15) is 10.8 Å². The second-order valence-corrected chi connectivity index (χ2v) is 6.78. The number of rotatable bonds is 8. The Morgan fingerprint density at radius 1 is 1.32 bits per heavy atom. The van der Waals surface area contributed by atoms with E-state index in [0.717, 1.165) is 42.7 Å². The highest BCUT2D eigenvalue weighted by molar-refractivity contribution is 14.0. The molecular weight excluding hydrogens is 447 g/mol. The highest BCUT2D eigenvalue weighted by Gasteiger charge is 2.02. The van der Waals surface area contributed by atoms with Crippen molar-refractivity contribution in [1.82, 2.24) is 15.6 Å². The van der Waals surface area contributed by atoms with Gasteiger partial charge in [0.15, 0.2) is 5.96 Å². The van der Waals surface area contributed by atoms with E-state index in [1.807, 2.05) is 18.3 Å². The van der Waals surface area contributed by atoms with E-state index in [9.17, 15) is 0 Å². The van der Waals surface area contributed by atoms with E-state index in [1.54, 1.807) is 18.4 Å². The lowest BCUT2D eigenvalue weighted by Gasteiger charge is -2.11. The third-order valence-electron chi connectivity index (χ3n) is 3.38. The topological polar surface area (TPSA) is 58.5 Å². The lowest BCUT2D eigenvalue weighted by atomic mass is 10.1. The molecule has 0 radical (unpaired) electrons.